The second-order valence-electron chi connectivity index (χ2n) is 3.86. The van der Waals surface area contributed by atoms with Gasteiger partial charge < -0.3 is 5.11 Å². The minimum Gasteiger partial charge on any atom is -0.477 e. The number of carboxylic acids is 1. The number of anilines is 1. The standard InChI is InChI=1S/C11H9BrN2O4S2/c1-6-4-7(5-13-10(6)12)14-20(17,18)8-2-3-19-9(8)11(15)16/h2-5,14H,1H3,(H,15,16). The fourth-order valence-corrected chi connectivity index (χ4v) is 4.00. The zero-order chi connectivity index (χ0) is 14.9. The van der Waals surface area contributed by atoms with E-state index >= 15 is 0 Å². The number of hydrogen-bond acceptors (Lipinski definition) is 5. The van der Waals surface area contributed by atoms with E-state index in [0.29, 0.717) is 4.60 Å². The topological polar surface area (TPSA) is 96.4 Å². The summed E-state index contributed by atoms with van der Waals surface area (Å²) in [5.41, 5.74) is 1.03. The second-order valence-corrected chi connectivity index (χ2v) is 7.17. The summed E-state index contributed by atoms with van der Waals surface area (Å²) in [7, 11) is -3.95. The predicted octanol–water partition coefficient (Wildman–Crippen LogP) is 2.71. The number of carbonyl (C=O) groups is 1. The third-order valence-corrected chi connectivity index (χ3v) is 5.66. The molecule has 6 nitrogen and oxygen atoms in total. The van der Waals surface area contributed by atoms with E-state index in [0.717, 1.165) is 16.9 Å². The fourth-order valence-electron chi connectivity index (χ4n) is 1.49. The molecule has 0 aliphatic carbocycles. The SMILES string of the molecule is Cc1cc(NS(=O)(=O)c2ccsc2C(=O)O)cnc1Br. The highest BCUT2D eigenvalue weighted by Crippen LogP contribution is 2.25. The van der Waals surface area contributed by atoms with Gasteiger partial charge in [-0.15, -0.1) is 11.3 Å². The number of aromatic carboxylic acids is 1. The average molecular weight is 377 g/mol. The molecular weight excluding hydrogens is 368 g/mol. The number of carboxylic acid groups (broad SMARTS) is 1. The van der Waals surface area contributed by atoms with Gasteiger partial charge in [0.25, 0.3) is 10.0 Å². The van der Waals surface area contributed by atoms with Crippen LogP contribution in [0.5, 0.6) is 0 Å². The van der Waals surface area contributed by atoms with Crippen LogP contribution in [0.2, 0.25) is 0 Å². The molecule has 0 unspecified atom stereocenters. The smallest absolute Gasteiger partial charge is 0.347 e. The van der Waals surface area contributed by atoms with Crippen LogP contribution in [-0.2, 0) is 10.0 Å². The number of rotatable bonds is 4. The number of thiophene rings is 1. The van der Waals surface area contributed by atoms with Gasteiger partial charge in [-0.25, -0.2) is 18.2 Å². The lowest BCUT2D eigenvalue weighted by molar-refractivity contribution is 0.0698. The molecule has 0 aromatic carbocycles. The molecule has 2 aromatic heterocycles. The lowest BCUT2D eigenvalue weighted by Gasteiger charge is -2.08. The van der Waals surface area contributed by atoms with Crippen molar-refractivity contribution < 1.29 is 18.3 Å². The number of nitrogens with zero attached hydrogens (tertiary/aromatic N) is 1. The average Bonchev–Trinajstić information content (AvgIpc) is 2.83. The predicted molar refractivity (Wildman–Crippen MR) is 78.8 cm³/mol. The highest BCUT2D eigenvalue weighted by molar-refractivity contribution is 9.10. The second kappa shape index (κ2) is 5.51. The fraction of sp³-hybridized carbons (Fsp3) is 0.0909. The van der Waals surface area contributed by atoms with Gasteiger partial charge >= 0.3 is 5.97 Å². The molecule has 0 saturated carbocycles. The van der Waals surface area contributed by atoms with Gasteiger partial charge in [0.15, 0.2) is 0 Å². The van der Waals surface area contributed by atoms with Crippen molar-refractivity contribution in [1.82, 2.24) is 4.98 Å². The van der Waals surface area contributed by atoms with Crippen molar-refractivity contribution in [3.63, 3.8) is 0 Å². The Kier molecular flexibility index (Phi) is 4.11. The number of hydrogen-bond donors (Lipinski definition) is 2. The number of aryl methyl sites for hydroxylation is 1. The van der Waals surface area contributed by atoms with E-state index in [9.17, 15) is 13.2 Å². The van der Waals surface area contributed by atoms with E-state index in [1.165, 1.54) is 17.6 Å². The van der Waals surface area contributed by atoms with Crippen molar-refractivity contribution in [3.05, 3.63) is 38.8 Å². The van der Waals surface area contributed by atoms with Crippen LogP contribution in [0.1, 0.15) is 15.2 Å². The molecule has 106 valence electrons. The van der Waals surface area contributed by atoms with Crippen molar-refractivity contribution in [1.29, 1.82) is 0 Å². The lowest BCUT2D eigenvalue weighted by atomic mass is 10.3. The first-order valence-corrected chi connectivity index (χ1v) is 8.42. The Morgan fingerprint density at radius 2 is 2.20 bits per heavy atom. The van der Waals surface area contributed by atoms with E-state index in [4.69, 9.17) is 5.11 Å². The summed E-state index contributed by atoms with van der Waals surface area (Å²) in [6.07, 6.45) is 1.35. The van der Waals surface area contributed by atoms with Crippen LogP contribution in [0, 0.1) is 6.92 Å². The summed E-state index contributed by atoms with van der Waals surface area (Å²) >= 11 is 4.07. The van der Waals surface area contributed by atoms with Crippen LogP contribution >= 0.6 is 27.3 Å². The van der Waals surface area contributed by atoms with E-state index < -0.39 is 16.0 Å². The van der Waals surface area contributed by atoms with Gasteiger partial charge in [0, 0.05) is 0 Å². The molecule has 2 N–H and O–H groups in total. The molecule has 9 heteroatoms. The molecule has 0 atom stereocenters. The summed E-state index contributed by atoms with van der Waals surface area (Å²) < 4.78 is 27.3. The van der Waals surface area contributed by atoms with Crippen molar-refractivity contribution in [2.75, 3.05) is 4.72 Å². The van der Waals surface area contributed by atoms with Gasteiger partial charge in [0.2, 0.25) is 0 Å². The van der Waals surface area contributed by atoms with Crippen LogP contribution in [0.4, 0.5) is 5.69 Å². The molecule has 2 aromatic rings. The first-order chi connectivity index (χ1) is 9.31. The number of sulfonamides is 1. The highest BCUT2D eigenvalue weighted by atomic mass is 79.9. The van der Waals surface area contributed by atoms with E-state index in [2.05, 4.69) is 25.6 Å². The molecule has 0 saturated heterocycles. The molecule has 20 heavy (non-hydrogen) atoms. The molecule has 0 spiro atoms. The summed E-state index contributed by atoms with van der Waals surface area (Å²) in [6, 6.07) is 2.86. The van der Waals surface area contributed by atoms with Gasteiger partial charge in [0.05, 0.1) is 11.9 Å². The molecule has 2 heterocycles. The summed E-state index contributed by atoms with van der Waals surface area (Å²) in [5.74, 6) is -1.27. The van der Waals surface area contributed by atoms with Crippen molar-refractivity contribution in [2.24, 2.45) is 0 Å². The van der Waals surface area contributed by atoms with Crippen LogP contribution < -0.4 is 4.72 Å². The van der Waals surface area contributed by atoms with Gasteiger partial charge in [-0.05, 0) is 45.9 Å². The van der Waals surface area contributed by atoms with Crippen LogP contribution in [-0.4, -0.2) is 24.5 Å². The Bertz CT molecular complexity index is 770. The number of nitrogens with one attached hydrogen (secondary N) is 1. The molecular formula is C11H9BrN2O4S2. The lowest BCUT2D eigenvalue weighted by Crippen LogP contribution is -2.15. The van der Waals surface area contributed by atoms with Crippen LogP contribution in [0.15, 0.2) is 33.2 Å². The van der Waals surface area contributed by atoms with E-state index in [-0.39, 0.29) is 15.5 Å². The molecule has 0 radical (unpaired) electrons. The molecule has 0 fully saturated rings. The van der Waals surface area contributed by atoms with Gasteiger partial charge in [-0.2, -0.15) is 0 Å². The molecule has 0 aliphatic rings. The van der Waals surface area contributed by atoms with E-state index in [1.54, 1.807) is 13.0 Å². The Balaban J connectivity index is 2.38. The molecule has 0 aliphatic heterocycles. The largest absolute Gasteiger partial charge is 0.477 e. The quantitative estimate of drug-likeness (QED) is 0.799. The molecule has 2 rings (SSSR count). The van der Waals surface area contributed by atoms with Gasteiger partial charge in [-0.1, -0.05) is 0 Å². The van der Waals surface area contributed by atoms with Crippen LogP contribution in [0.25, 0.3) is 0 Å². The Labute approximate surface area is 127 Å². The minimum atomic E-state index is -3.95. The van der Waals surface area contributed by atoms with Gasteiger partial charge in [0.1, 0.15) is 14.4 Å². The molecule has 0 bridgehead atoms. The maximum Gasteiger partial charge on any atom is 0.347 e. The van der Waals surface area contributed by atoms with Crippen LogP contribution in [0.3, 0.4) is 0 Å². The third-order valence-electron chi connectivity index (χ3n) is 2.38. The normalized spacial score (nSPS) is 11.3. The third kappa shape index (κ3) is 3.00. The Hall–Kier alpha value is -1.45. The zero-order valence-electron chi connectivity index (χ0n) is 10.1. The minimum absolute atomic E-state index is 0.223. The van der Waals surface area contributed by atoms with Crippen molar-refractivity contribution >= 4 is 48.9 Å². The maximum atomic E-state index is 12.2. The Morgan fingerprint density at radius 3 is 2.80 bits per heavy atom. The maximum absolute atomic E-state index is 12.2. The number of halogens is 1. The summed E-state index contributed by atoms with van der Waals surface area (Å²) in [5, 5.41) is 10.4. The number of aromatic nitrogens is 1. The first-order valence-electron chi connectivity index (χ1n) is 5.27. The first kappa shape index (κ1) is 14.9. The van der Waals surface area contributed by atoms with E-state index in [1.807, 2.05) is 0 Å². The summed E-state index contributed by atoms with van der Waals surface area (Å²) in [6.45, 7) is 1.77. The molecule has 0 amide bonds. The Morgan fingerprint density at radius 1 is 1.50 bits per heavy atom. The van der Waals surface area contributed by atoms with Gasteiger partial charge in [-0.3, -0.25) is 4.72 Å². The summed E-state index contributed by atoms with van der Waals surface area (Å²) in [4.78, 5) is 14.5. The number of pyridine rings is 1. The monoisotopic (exact) mass is 376 g/mol. The zero-order valence-corrected chi connectivity index (χ0v) is 13.3. The van der Waals surface area contributed by atoms with Crippen molar-refractivity contribution in [3.8, 4) is 0 Å². The van der Waals surface area contributed by atoms with Crippen molar-refractivity contribution in [2.45, 2.75) is 11.8 Å². The highest BCUT2D eigenvalue weighted by Gasteiger charge is 2.24.